The van der Waals surface area contributed by atoms with Crippen LogP contribution in [0.15, 0.2) is 30.5 Å². The molecule has 0 unspecified atom stereocenters. The number of urea groups is 1. The van der Waals surface area contributed by atoms with E-state index in [1.54, 1.807) is 18.3 Å². The zero-order chi connectivity index (χ0) is 17.1. The molecule has 4 amide bonds. The molecule has 24 heavy (non-hydrogen) atoms. The summed E-state index contributed by atoms with van der Waals surface area (Å²) in [6, 6.07) is 6.77. The van der Waals surface area contributed by atoms with E-state index in [0.717, 1.165) is 10.4 Å². The van der Waals surface area contributed by atoms with E-state index in [2.05, 4.69) is 20.9 Å². The van der Waals surface area contributed by atoms with Gasteiger partial charge in [-0.15, -0.1) is 11.3 Å². The van der Waals surface area contributed by atoms with Crippen LogP contribution in [0.1, 0.15) is 29.2 Å². The van der Waals surface area contributed by atoms with Gasteiger partial charge in [-0.3, -0.25) is 20.2 Å². The van der Waals surface area contributed by atoms with Gasteiger partial charge in [0.1, 0.15) is 0 Å². The standard InChI is InChI=1S/C16H16N4O3S/c1-9-8-17-16(24-9)20-15(23)18-12-4-2-10(3-5-12)11-6-13(21)19-14(22)7-11/h2-5,8,11H,6-7H2,1H3,(H,19,21,22)(H2,17,18,20,23). The molecular formula is C16H16N4O3S. The van der Waals surface area contributed by atoms with Gasteiger partial charge in [-0.25, -0.2) is 9.78 Å². The first kappa shape index (κ1) is 16.1. The van der Waals surface area contributed by atoms with Gasteiger partial charge in [0.05, 0.1) is 0 Å². The summed E-state index contributed by atoms with van der Waals surface area (Å²) in [4.78, 5) is 39.9. The normalized spacial score (nSPS) is 15.0. The average molecular weight is 344 g/mol. The molecule has 0 spiro atoms. The molecule has 0 saturated carbocycles. The summed E-state index contributed by atoms with van der Waals surface area (Å²) in [6.07, 6.45) is 2.28. The van der Waals surface area contributed by atoms with E-state index >= 15 is 0 Å². The maximum absolute atomic E-state index is 11.9. The first-order chi connectivity index (χ1) is 11.5. The number of piperidine rings is 1. The number of carbonyl (C=O) groups is 3. The Hall–Kier alpha value is -2.74. The van der Waals surface area contributed by atoms with Crippen molar-refractivity contribution in [3.8, 4) is 0 Å². The quantitative estimate of drug-likeness (QED) is 0.745. The SMILES string of the molecule is Cc1cnc(NC(=O)Nc2ccc(C3CC(=O)NC(=O)C3)cc2)s1. The number of thiazole rings is 1. The molecule has 2 aromatic rings. The molecule has 1 saturated heterocycles. The number of benzene rings is 1. The summed E-state index contributed by atoms with van der Waals surface area (Å²) < 4.78 is 0. The van der Waals surface area contributed by atoms with Crippen LogP contribution >= 0.6 is 11.3 Å². The maximum atomic E-state index is 11.9. The Balaban J connectivity index is 1.61. The lowest BCUT2D eigenvalue weighted by molar-refractivity contribution is -0.133. The highest BCUT2D eigenvalue weighted by molar-refractivity contribution is 7.15. The van der Waals surface area contributed by atoms with Crippen LogP contribution < -0.4 is 16.0 Å². The van der Waals surface area contributed by atoms with E-state index in [-0.39, 0.29) is 23.8 Å². The molecule has 0 aliphatic carbocycles. The molecule has 3 rings (SSSR count). The molecule has 1 aliphatic rings. The van der Waals surface area contributed by atoms with Crippen LogP contribution in [0.25, 0.3) is 0 Å². The van der Waals surface area contributed by atoms with Gasteiger partial charge >= 0.3 is 6.03 Å². The van der Waals surface area contributed by atoms with Gasteiger partial charge in [-0.05, 0) is 24.6 Å². The van der Waals surface area contributed by atoms with Crippen molar-refractivity contribution in [1.82, 2.24) is 10.3 Å². The van der Waals surface area contributed by atoms with Gasteiger partial charge < -0.3 is 5.32 Å². The van der Waals surface area contributed by atoms with Crippen molar-refractivity contribution in [2.75, 3.05) is 10.6 Å². The van der Waals surface area contributed by atoms with E-state index in [9.17, 15) is 14.4 Å². The third-order valence-electron chi connectivity index (χ3n) is 3.62. The number of hydrogen-bond acceptors (Lipinski definition) is 5. The van der Waals surface area contributed by atoms with Crippen LogP contribution in [-0.2, 0) is 9.59 Å². The molecule has 3 N–H and O–H groups in total. The predicted octanol–water partition coefficient (Wildman–Crippen LogP) is 2.62. The number of hydrogen-bond donors (Lipinski definition) is 3. The smallest absolute Gasteiger partial charge is 0.308 e. The fraction of sp³-hybridized carbons (Fsp3) is 0.250. The Morgan fingerprint density at radius 2 is 1.83 bits per heavy atom. The highest BCUT2D eigenvalue weighted by Crippen LogP contribution is 2.27. The molecule has 1 aromatic carbocycles. The number of nitrogens with one attached hydrogen (secondary N) is 3. The van der Waals surface area contributed by atoms with Gasteiger partial charge in [0.25, 0.3) is 0 Å². The van der Waals surface area contributed by atoms with Gasteiger partial charge in [-0.1, -0.05) is 12.1 Å². The number of rotatable bonds is 3. The molecule has 8 heteroatoms. The molecular weight excluding hydrogens is 328 g/mol. The fourth-order valence-electron chi connectivity index (χ4n) is 2.52. The number of carbonyl (C=O) groups excluding carboxylic acids is 3. The third-order valence-corrected chi connectivity index (χ3v) is 4.45. The Morgan fingerprint density at radius 1 is 1.17 bits per heavy atom. The minimum absolute atomic E-state index is 0.118. The van der Waals surface area contributed by atoms with E-state index < -0.39 is 0 Å². The Labute approximate surface area is 142 Å². The van der Waals surface area contributed by atoms with Crippen LogP contribution in [0.5, 0.6) is 0 Å². The lowest BCUT2D eigenvalue weighted by atomic mass is 9.89. The number of amides is 4. The second-order valence-corrected chi connectivity index (χ2v) is 6.79. The van der Waals surface area contributed by atoms with E-state index in [4.69, 9.17) is 0 Å². The molecule has 1 aliphatic heterocycles. The molecule has 1 fully saturated rings. The van der Waals surface area contributed by atoms with Crippen molar-refractivity contribution in [1.29, 1.82) is 0 Å². The largest absolute Gasteiger partial charge is 0.325 e. The monoisotopic (exact) mass is 344 g/mol. The number of anilines is 2. The zero-order valence-corrected chi connectivity index (χ0v) is 13.8. The number of nitrogens with zero attached hydrogens (tertiary/aromatic N) is 1. The lowest BCUT2D eigenvalue weighted by Gasteiger charge is -2.21. The predicted molar refractivity (Wildman–Crippen MR) is 91.1 cm³/mol. The second-order valence-electron chi connectivity index (χ2n) is 5.55. The maximum Gasteiger partial charge on any atom is 0.325 e. The van der Waals surface area contributed by atoms with Crippen molar-refractivity contribution in [2.24, 2.45) is 0 Å². The second kappa shape index (κ2) is 6.79. The fourth-order valence-corrected chi connectivity index (χ4v) is 3.18. The molecule has 7 nitrogen and oxygen atoms in total. The van der Waals surface area contributed by atoms with Crippen LogP contribution in [0.4, 0.5) is 15.6 Å². The number of imide groups is 1. The van der Waals surface area contributed by atoms with Gasteiger partial charge in [0, 0.05) is 35.5 Å². The summed E-state index contributed by atoms with van der Waals surface area (Å²) >= 11 is 1.40. The number of aromatic nitrogens is 1. The van der Waals surface area contributed by atoms with E-state index in [1.807, 2.05) is 19.1 Å². The Morgan fingerprint density at radius 3 is 2.42 bits per heavy atom. The van der Waals surface area contributed by atoms with Crippen molar-refractivity contribution in [3.63, 3.8) is 0 Å². The molecule has 2 heterocycles. The zero-order valence-electron chi connectivity index (χ0n) is 13.0. The first-order valence-corrected chi connectivity index (χ1v) is 8.24. The van der Waals surface area contributed by atoms with Crippen LogP contribution in [0.3, 0.4) is 0 Å². The molecule has 0 bridgehead atoms. The molecule has 124 valence electrons. The molecule has 1 aromatic heterocycles. The van der Waals surface area contributed by atoms with Gasteiger partial charge in [0.15, 0.2) is 5.13 Å². The topological polar surface area (TPSA) is 100 Å². The van der Waals surface area contributed by atoms with Crippen molar-refractivity contribution >= 4 is 40.0 Å². The third kappa shape index (κ3) is 3.96. The first-order valence-electron chi connectivity index (χ1n) is 7.42. The summed E-state index contributed by atoms with van der Waals surface area (Å²) in [6.45, 7) is 1.91. The average Bonchev–Trinajstić information content (AvgIpc) is 2.92. The van der Waals surface area contributed by atoms with E-state index in [1.165, 1.54) is 11.3 Å². The lowest BCUT2D eigenvalue weighted by Crippen LogP contribution is -2.37. The summed E-state index contributed by atoms with van der Waals surface area (Å²) in [5.74, 6) is -0.624. The van der Waals surface area contributed by atoms with Crippen LogP contribution in [0, 0.1) is 6.92 Å². The van der Waals surface area contributed by atoms with Crippen LogP contribution in [0.2, 0.25) is 0 Å². The highest BCUT2D eigenvalue weighted by atomic mass is 32.1. The minimum atomic E-state index is -0.371. The summed E-state index contributed by atoms with van der Waals surface area (Å²) in [5.41, 5.74) is 1.52. The van der Waals surface area contributed by atoms with Crippen molar-refractivity contribution in [2.45, 2.75) is 25.7 Å². The number of aryl methyl sites for hydroxylation is 1. The van der Waals surface area contributed by atoms with E-state index in [0.29, 0.717) is 23.7 Å². The minimum Gasteiger partial charge on any atom is -0.308 e. The highest BCUT2D eigenvalue weighted by Gasteiger charge is 2.25. The Bertz CT molecular complexity index is 769. The van der Waals surface area contributed by atoms with Crippen molar-refractivity contribution in [3.05, 3.63) is 40.9 Å². The van der Waals surface area contributed by atoms with Crippen LogP contribution in [-0.4, -0.2) is 22.8 Å². The summed E-state index contributed by atoms with van der Waals surface area (Å²) in [7, 11) is 0. The Kier molecular flexibility index (Phi) is 4.57. The van der Waals surface area contributed by atoms with Gasteiger partial charge in [0.2, 0.25) is 11.8 Å². The van der Waals surface area contributed by atoms with Gasteiger partial charge in [-0.2, -0.15) is 0 Å². The summed E-state index contributed by atoms with van der Waals surface area (Å²) in [5, 5.41) is 8.21. The molecule has 0 radical (unpaired) electrons. The van der Waals surface area contributed by atoms with Crippen molar-refractivity contribution < 1.29 is 14.4 Å². The molecule has 0 atom stereocenters.